The number of hydrogen-bond acceptors (Lipinski definition) is 4. The molecule has 3 aromatic carbocycles. The third kappa shape index (κ3) is 10.8. The molecule has 0 amide bonds. The summed E-state index contributed by atoms with van der Waals surface area (Å²) in [5.41, 5.74) is 3.64. The minimum atomic E-state index is -0.391. The monoisotopic (exact) mass is 438 g/mol. The van der Waals surface area contributed by atoms with Gasteiger partial charge in [-0.2, -0.15) is 4.89 Å². The molecule has 0 N–H and O–H groups in total. The van der Waals surface area contributed by atoms with E-state index in [1.165, 1.54) is 0 Å². The number of esters is 1. The Labute approximate surface area is 194 Å². The third-order valence-electron chi connectivity index (χ3n) is 3.82. The van der Waals surface area contributed by atoms with E-state index < -0.39 is 5.97 Å². The average Bonchev–Trinajstić information content (AvgIpc) is 2.86. The minimum Gasteiger partial charge on any atom is -0.423 e. The van der Waals surface area contributed by atoms with Crippen LogP contribution in [0.5, 0.6) is 11.5 Å². The van der Waals surface area contributed by atoms with Crippen molar-refractivity contribution in [1.29, 1.82) is 0 Å². The van der Waals surface area contributed by atoms with Crippen LogP contribution in [0.3, 0.4) is 0 Å². The van der Waals surface area contributed by atoms with Gasteiger partial charge >= 0.3 is 5.97 Å². The fourth-order valence-electron chi connectivity index (χ4n) is 2.27. The van der Waals surface area contributed by atoms with Crippen LogP contribution in [0.4, 0.5) is 0 Å². The molecule has 0 atom stereocenters. The van der Waals surface area contributed by atoms with Gasteiger partial charge in [0.15, 0.2) is 5.75 Å². The van der Waals surface area contributed by atoms with Crippen molar-refractivity contribution in [3.8, 4) is 11.5 Å². The SMILES string of the molecule is CC.CC.CC.Cc1ccc(OOCc2ccc(C(=O)Oc3ccc(C)cc3)cc2)cc1. The molecule has 0 saturated carbocycles. The van der Waals surface area contributed by atoms with Crippen LogP contribution in [0.1, 0.15) is 68.6 Å². The highest BCUT2D eigenvalue weighted by Crippen LogP contribution is 2.15. The molecule has 0 aliphatic rings. The molecule has 0 aromatic heterocycles. The van der Waals surface area contributed by atoms with Crippen molar-refractivity contribution >= 4 is 5.97 Å². The summed E-state index contributed by atoms with van der Waals surface area (Å²) in [5.74, 6) is 0.783. The first-order chi connectivity index (χ1) is 15.6. The maximum Gasteiger partial charge on any atom is 0.343 e. The number of aryl methyl sites for hydroxylation is 2. The Morgan fingerprint density at radius 1 is 0.625 bits per heavy atom. The van der Waals surface area contributed by atoms with Crippen molar-refractivity contribution < 1.29 is 19.3 Å². The number of hydrogen-bond donors (Lipinski definition) is 0. The van der Waals surface area contributed by atoms with Crippen LogP contribution < -0.4 is 9.62 Å². The molecule has 4 nitrogen and oxygen atoms in total. The van der Waals surface area contributed by atoms with Crippen LogP contribution in [-0.4, -0.2) is 5.97 Å². The largest absolute Gasteiger partial charge is 0.423 e. The van der Waals surface area contributed by atoms with E-state index in [2.05, 4.69) is 0 Å². The van der Waals surface area contributed by atoms with Crippen molar-refractivity contribution in [2.45, 2.75) is 62.0 Å². The van der Waals surface area contributed by atoms with Crippen molar-refractivity contribution in [3.63, 3.8) is 0 Å². The summed E-state index contributed by atoms with van der Waals surface area (Å²) in [5, 5.41) is 0. The van der Waals surface area contributed by atoms with Crippen molar-refractivity contribution in [3.05, 3.63) is 95.1 Å². The highest BCUT2D eigenvalue weighted by molar-refractivity contribution is 5.91. The zero-order valence-electron chi connectivity index (χ0n) is 20.8. The molecule has 3 rings (SSSR count). The molecule has 0 radical (unpaired) electrons. The van der Waals surface area contributed by atoms with E-state index in [-0.39, 0.29) is 6.61 Å². The zero-order valence-corrected chi connectivity index (χ0v) is 20.8. The van der Waals surface area contributed by atoms with Crippen LogP contribution in [0.25, 0.3) is 0 Å². The van der Waals surface area contributed by atoms with Gasteiger partial charge in [-0.25, -0.2) is 4.79 Å². The van der Waals surface area contributed by atoms with Gasteiger partial charge in [-0.15, -0.1) is 0 Å². The molecule has 0 saturated heterocycles. The first kappa shape index (κ1) is 28.9. The summed E-state index contributed by atoms with van der Waals surface area (Å²) in [7, 11) is 0. The lowest BCUT2D eigenvalue weighted by atomic mass is 10.1. The topological polar surface area (TPSA) is 44.8 Å². The minimum absolute atomic E-state index is 0.279. The van der Waals surface area contributed by atoms with Crippen LogP contribution in [0.15, 0.2) is 72.8 Å². The quantitative estimate of drug-likeness (QED) is 0.169. The van der Waals surface area contributed by atoms with Gasteiger partial charge in [-0.1, -0.05) is 89.1 Å². The predicted octanol–water partition coefficient (Wildman–Crippen LogP) is 8.11. The first-order valence-corrected chi connectivity index (χ1v) is 11.3. The Balaban J connectivity index is 0.00000148. The fourth-order valence-corrected chi connectivity index (χ4v) is 2.27. The van der Waals surface area contributed by atoms with E-state index in [1.54, 1.807) is 24.3 Å². The lowest BCUT2D eigenvalue weighted by Gasteiger charge is -2.07. The Morgan fingerprint density at radius 3 is 1.53 bits per heavy atom. The second kappa shape index (κ2) is 17.6. The second-order valence-electron chi connectivity index (χ2n) is 6.06. The summed E-state index contributed by atoms with van der Waals surface area (Å²) < 4.78 is 5.35. The summed E-state index contributed by atoms with van der Waals surface area (Å²) >= 11 is 0. The maximum absolute atomic E-state index is 12.2. The summed E-state index contributed by atoms with van der Waals surface area (Å²) in [6.45, 7) is 16.3. The Morgan fingerprint density at radius 2 is 1.06 bits per heavy atom. The number of rotatable bonds is 6. The van der Waals surface area contributed by atoms with E-state index in [0.29, 0.717) is 17.1 Å². The highest BCUT2D eigenvalue weighted by Gasteiger charge is 2.08. The maximum atomic E-state index is 12.2. The van der Waals surface area contributed by atoms with Gasteiger partial charge in [0.25, 0.3) is 0 Å². The first-order valence-electron chi connectivity index (χ1n) is 11.3. The van der Waals surface area contributed by atoms with E-state index >= 15 is 0 Å². The van der Waals surface area contributed by atoms with E-state index in [1.807, 2.05) is 104 Å². The van der Waals surface area contributed by atoms with Crippen LogP contribution in [0, 0.1) is 13.8 Å². The molecule has 4 heteroatoms. The highest BCUT2D eigenvalue weighted by atomic mass is 17.2. The summed E-state index contributed by atoms with van der Waals surface area (Å²) in [6, 6.07) is 22.0. The predicted molar refractivity (Wildman–Crippen MR) is 133 cm³/mol. The second-order valence-corrected chi connectivity index (χ2v) is 6.06. The summed E-state index contributed by atoms with van der Waals surface area (Å²) in [4.78, 5) is 22.6. The molecule has 0 unspecified atom stereocenters. The Kier molecular flexibility index (Phi) is 15.9. The van der Waals surface area contributed by atoms with Gasteiger partial charge in [-0.3, -0.25) is 0 Å². The van der Waals surface area contributed by atoms with Gasteiger partial charge < -0.3 is 9.62 Å². The van der Waals surface area contributed by atoms with Crippen LogP contribution in [0.2, 0.25) is 0 Å². The molecule has 0 aliphatic carbocycles. The van der Waals surface area contributed by atoms with Crippen molar-refractivity contribution in [1.82, 2.24) is 0 Å². The lowest BCUT2D eigenvalue weighted by Crippen LogP contribution is -2.08. The molecule has 0 spiro atoms. The standard InChI is InChI=1S/C22H20O4.3C2H6/c1-16-3-11-20(12-4-16)25-22(23)19-9-7-18(8-10-19)15-24-26-21-13-5-17(2)6-14-21;3*1-2/h3-14H,15H2,1-2H3;3*1-2H3. The van der Waals surface area contributed by atoms with Crippen LogP contribution in [-0.2, 0) is 11.5 Å². The molecule has 0 bridgehead atoms. The zero-order chi connectivity index (χ0) is 24.4. The number of benzene rings is 3. The smallest absolute Gasteiger partial charge is 0.343 e. The number of carbonyl (C=O) groups excluding carboxylic acids is 1. The number of ether oxygens (including phenoxy) is 1. The van der Waals surface area contributed by atoms with Crippen molar-refractivity contribution in [2.75, 3.05) is 0 Å². The third-order valence-corrected chi connectivity index (χ3v) is 3.82. The fraction of sp³-hybridized carbons (Fsp3) is 0.321. The molecular weight excluding hydrogens is 400 g/mol. The van der Waals surface area contributed by atoms with E-state index in [4.69, 9.17) is 14.5 Å². The Hall–Kier alpha value is -3.11. The molecule has 3 aromatic rings. The van der Waals surface area contributed by atoms with Gasteiger partial charge in [0, 0.05) is 0 Å². The van der Waals surface area contributed by atoms with Gasteiger partial charge in [0.2, 0.25) is 0 Å². The van der Waals surface area contributed by atoms with E-state index in [9.17, 15) is 4.79 Å². The van der Waals surface area contributed by atoms with Gasteiger partial charge in [0.05, 0.1) is 5.56 Å². The molecule has 0 fully saturated rings. The Bertz CT molecular complexity index is 851. The summed E-state index contributed by atoms with van der Waals surface area (Å²) in [6.07, 6.45) is 0. The molecule has 174 valence electrons. The van der Waals surface area contributed by atoms with E-state index in [0.717, 1.165) is 16.7 Å². The molecule has 0 heterocycles. The average molecular weight is 439 g/mol. The lowest BCUT2D eigenvalue weighted by molar-refractivity contribution is -0.217. The molecule has 32 heavy (non-hydrogen) atoms. The van der Waals surface area contributed by atoms with Crippen molar-refractivity contribution in [2.24, 2.45) is 0 Å². The number of carbonyl (C=O) groups is 1. The molecular formula is C28H38O4. The normalized spacial score (nSPS) is 9.00. The van der Waals surface area contributed by atoms with Gasteiger partial charge in [0.1, 0.15) is 12.4 Å². The van der Waals surface area contributed by atoms with Gasteiger partial charge in [-0.05, 0) is 55.8 Å². The van der Waals surface area contributed by atoms with Crippen LogP contribution >= 0.6 is 0 Å². The molecule has 0 aliphatic heterocycles.